The Morgan fingerprint density at radius 1 is 1.23 bits per heavy atom. The van der Waals surface area contributed by atoms with Crippen molar-refractivity contribution >= 4 is 33.0 Å². The summed E-state index contributed by atoms with van der Waals surface area (Å²) in [4.78, 5) is 12.1. The van der Waals surface area contributed by atoms with Crippen LogP contribution in [0.4, 0.5) is 10.1 Å². The lowest BCUT2D eigenvalue weighted by Crippen LogP contribution is -2.13. The molecule has 0 aromatic heterocycles. The second-order valence-corrected chi connectivity index (χ2v) is 7.43. The molecule has 4 nitrogen and oxygen atoms in total. The average Bonchev–Trinajstić information content (AvgIpc) is 2.40. The largest absolute Gasteiger partial charge is 0.319 e. The fraction of sp³-hybridized carbons (Fsp3) is 0.133. The molecular formula is C15H13ClFNO3S. The van der Waals surface area contributed by atoms with Gasteiger partial charge in [0.05, 0.1) is 11.4 Å². The molecule has 22 heavy (non-hydrogen) atoms. The van der Waals surface area contributed by atoms with Gasteiger partial charge in [-0.3, -0.25) is 4.79 Å². The number of carbonyl (C=O) groups excluding carboxylic acids is 1. The minimum atomic E-state index is -3.20. The Bertz CT molecular complexity index is 821. The van der Waals surface area contributed by atoms with Crippen LogP contribution in [-0.4, -0.2) is 20.6 Å². The molecule has 1 amide bonds. The van der Waals surface area contributed by atoms with Crippen LogP contribution in [-0.2, 0) is 15.6 Å². The van der Waals surface area contributed by atoms with Crippen LogP contribution in [0.3, 0.4) is 0 Å². The molecule has 0 aliphatic carbocycles. The monoisotopic (exact) mass is 341 g/mol. The van der Waals surface area contributed by atoms with Gasteiger partial charge in [0.15, 0.2) is 9.84 Å². The Balaban J connectivity index is 2.21. The van der Waals surface area contributed by atoms with Crippen LogP contribution in [0.2, 0.25) is 5.02 Å². The lowest BCUT2D eigenvalue weighted by Gasteiger charge is -2.08. The molecule has 0 spiro atoms. The maximum absolute atomic E-state index is 13.6. The van der Waals surface area contributed by atoms with Crippen LogP contribution in [0.15, 0.2) is 42.5 Å². The Kier molecular flexibility index (Phi) is 4.83. The Morgan fingerprint density at radius 2 is 1.95 bits per heavy atom. The molecule has 2 rings (SSSR count). The molecule has 0 radical (unpaired) electrons. The number of halogens is 2. The summed E-state index contributed by atoms with van der Waals surface area (Å²) in [7, 11) is -3.20. The summed E-state index contributed by atoms with van der Waals surface area (Å²) < 4.78 is 36.2. The normalized spacial score (nSPS) is 11.2. The van der Waals surface area contributed by atoms with Gasteiger partial charge in [0.2, 0.25) is 0 Å². The number of hydrogen-bond donors (Lipinski definition) is 1. The lowest BCUT2D eigenvalue weighted by atomic mass is 10.1. The molecule has 1 N–H and O–H groups in total. The van der Waals surface area contributed by atoms with Crippen LogP contribution >= 0.6 is 11.6 Å². The number of sulfone groups is 1. The Morgan fingerprint density at radius 3 is 2.59 bits per heavy atom. The van der Waals surface area contributed by atoms with Crippen molar-refractivity contribution in [2.24, 2.45) is 0 Å². The first-order valence-corrected chi connectivity index (χ1v) is 8.71. The zero-order valence-electron chi connectivity index (χ0n) is 11.6. The third-order valence-corrected chi connectivity index (χ3v) is 3.89. The second-order valence-electron chi connectivity index (χ2n) is 4.85. The molecule has 0 saturated heterocycles. The van der Waals surface area contributed by atoms with Crippen LogP contribution < -0.4 is 5.32 Å². The lowest BCUT2D eigenvalue weighted by molar-refractivity contribution is 0.102. The van der Waals surface area contributed by atoms with E-state index in [0.29, 0.717) is 5.56 Å². The van der Waals surface area contributed by atoms with Crippen molar-refractivity contribution < 1.29 is 17.6 Å². The number of benzene rings is 2. The molecule has 7 heteroatoms. The highest BCUT2D eigenvalue weighted by atomic mass is 35.5. The number of hydrogen-bond acceptors (Lipinski definition) is 3. The van der Waals surface area contributed by atoms with Crippen LogP contribution in [0.25, 0.3) is 0 Å². The highest BCUT2D eigenvalue weighted by Gasteiger charge is 2.12. The second kappa shape index (κ2) is 6.46. The summed E-state index contributed by atoms with van der Waals surface area (Å²) in [5, 5.41) is 2.65. The average molecular weight is 342 g/mol. The van der Waals surface area contributed by atoms with Gasteiger partial charge in [-0.1, -0.05) is 23.7 Å². The minimum absolute atomic E-state index is 0.00270. The highest BCUT2D eigenvalue weighted by Crippen LogP contribution is 2.20. The molecule has 0 unspecified atom stereocenters. The summed E-state index contributed by atoms with van der Waals surface area (Å²) in [5.41, 5.74) is 0.741. The first kappa shape index (κ1) is 16.5. The van der Waals surface area contributed by atoms with E-state index < -0.39 is 21.6 Å². The Hall–Kier alpha value is -1.92. The molecule has 116 valence electrons. The van der Waals surface area contributed by atoms with E-state index in [1.54, 1.807) is 12.1 Å². The standard InChI is InChI=1S/C15H13ClFNO3S/c1-22(20,21)9-10-3-2-4-11(7-10)15(19)18-14-6-5-12(16)8-13(14)17/h2-8H,9H2,1H3,(H,18,19). The number of anilines is 1. The number of rotatable bonds is 4. The fourth-order valence-electron chi connectivity index (χ4n) is 1.89. The smallest absolute Gasteiger partial charge is 0.255 e. The van der Waals surface area contributed by atoms with Gasteiger partial charge < -0.3 is 5.32 Å². The molecular weight excluding hydrogens is 329 g/mol. The van der Waals surface area contributed by atoms with Gasteiger partial charge in [-0.25, -0.2) is 12.8 Å². The summed E-state index contributed by atoms with van der Waals surface area (Å²) in [6.07, 6.45) is 1.11. The van der Waals surface area contributed by atoms with Crippen molar-refractivity contribution in [1.29, 1.82) is 0 Å². The number of nitrogens with one attached hydrogen (secondary N) is 1. The van der Waals surface area contributed by atoms with Gasteiger partial charge in [-0.2, -0.15) is 0 Å². The molecule has 0 heterocycles. The third-order valence-electron chi connectivity index (χ3n) is 2.80. The van der Waals surface area contributed by atoms with E-state index in [0.717, 1.165) is 12.3 Å². The van der Waals surface area contributed by atoms with Crippen molar-refractivity contribution in [3.8, 4) is 0 Å². The Labute approximate surface area is 132 Å². The number of amides is 1. The van der Waals surface area contributed by atoms with Crippen LogP contribution in [0, 0.1) is 5.82 Å². The van der Waals surface area contributed by atoms with E-state index in [2.05, 4.69) is 5.32 Å². The summed E-state index contributed by atoms with van der Waals surface area (Å²) >= 11 is 5.64. The minimum Gasteiger partial charge on any atom is -0.319 e. The van der Waals surface area contributed by atoms with E-state index in [1.165, 1.54) is 24.3 Å². The van der Waals surface area contributed by atoms with E-state index in [-0.39, 0.29) is 22.0 Å². The molecule has 0 aliphatic rings. The first-order chi connectivity index (χ1) is 10.2. The zero-order chi connectivity index (χ0) is 16.3. The van der Waals surface area contributed by atoms with Crippen LogP contribution in [0.5, 0.6) is 0 Å². The molecule has 0 atom stereocenters. The molecule has 2 aromatic rings. The predicted octanol–water partition coefficient (Wildman–Crippen LogP) is 3.28. The molecule has 0 saturated carbocycles. The maximum Gasteiger partial charge on any atom is 0.255 e. The van der Waals surface area contributed by atoms with E-state index in [4.69, 9.17) is 11.6 Å². The van der Waals surface area contributed by atoms with Crippen molar-refractivity contribution in [3.63, 3.8) is 0 Å². The van der Waals surface area contributed by atoms with Gasteiger partial charge in [-0.15, -0.1) is 0 Å². The third kappa shape index (κ3) is 4.54. The summed E-state index contributed by atoms with van der Waals surface area (Å²) in [6.45, 7) is 0. The van der Waals surface area contributed by atoms with Crippen molar-refractivity contribution in [2.75, 3.05) is 11.6 Å². The van der Waals surface area contributed by atoms with E-state index in [9.17, 15) is 17.6 Å². The van der Waals surface area contributed by atoms with Gasteiger partial charge in [0, 0.05) is 16.8 Å². The topological polar surface area (TPSA) is 63.2 Å². The quantitative estimate of drug-likeness (QED) is 0.928. The van der Waals surface area contributed by atoms with Gasteiger partial charge in [0.25, 0.3) is 5.91 Å². The molecule has 0 aliphatic heterocycles. The van der Waals surface area contributed by atoms with Crippen LogP contribution in [0.1, 0.15) is 15.9 Å². The van der Waals surface area contributed by atoms with Gasteiger partial charge in [0.1, 0.15) is 5.82 Å². The summed E-state index contributed by atoms with van der Waals surface area (Å²) in [6, 6.07) is 10.1. The SMILES string of the molecule is CS(=O)(=O)Cc1cccc(C(=O)Nc2ccc(Cl)cc2F)c1. The maximum atomic E-state index is 13.6. The van der Waals surface area contributed by atoms with Crippen molar-refractivity contribution in [3.05, 3.63) is 64.4 Å². The van der Waals surface area contributed by atoms with Crippen molar-refractivity contribution in [1.82, 2.24) is 0 Å². The van der Waals surface area contributed by atoms with E-state index >= 15 is 0 Å². The first-order valence-electron chi connectivity index (χ1n) is 6.28. The highest BCUT2D eigenvalue weighted by molar-refractivity contribution is 7.89. The molecule has 2 aromatic carbocycles. The van der Waals surface area contributed by atoms with Gasteiger partial charge >= 0.3 is 0 Å². The number of carbonyl (C=O) groups is 1. The summed E-state index contributed by atoms with van der Waals surface area (Å²) in [5.74, 6) is -1.34. The van der Waals surface area contributed by atoms with E-state index in [1.807, 2.05) is 0 Å². The van der Waals surface area contributed by atoms with Gasteiger partial charge in [-0.05, 0) is 35.9 Å². The molecule has 0 fully saturated rings. The predicted molar refractivity (Wildman–Crippen MR) is 84.4 cm³/mol. The molecule has 0 bridgehead atoms. The fourth-order valence-corrected chi connectivity index (χ4v) is 2.83. The van der Waals surface area contributed by atoms with Crippen molar-refractivity contribution in [2.45, 2.75) is 5.75 Å². The zero-order valence-corrected chi connectivity index (χ0v) is 13.2.